The zero-order valence-electron chi connectivity index (χ0n) is 13.1. The number of hydrogen-bond donors (Lipinski definition) is 1. The zero-order chi connectivity index (χ0) is 13.5. The summed E-state index contributed by atoms with van der Waals surface area (Å²) in [5.74, 6) is 3.18. The Kier molecular flexibility index (Phi) is 3.92. The SMILES string of the molecule is CCC1(CC)CNC(C)CN1CC1CC2CCC1C2. The molecule has 4 unspecified atom stereocenters. The molecule has 4 atom stereocenters. The first-order chi connectivity index (χ1) is 9.16. The molecule has 2 bridgehead atoms. The first-order valence-electron chi connectivity index (χ1n) is 8.65. The standard InChI is InChI=1S/C17H32N2/c1-4-17(5-2)12-18-13(3)10-19(17)11-16-9-14-6-7-15(16)8-14/h13-16,18H,4-12H2,1-3H3. The lowest BCUT2D eigenvalue weighted by Gasteiger charge is -2.50. The van der Waals surface area contributed by atoms with Gasteiger partial charge in [0.05, 0.1) is 0 Å². The summed E-state index contributed by atoms with van der Waals surface area (Å²) in [5, 5.41) is 3.72. The van der Waals surface area contributed by atoms with Crippen LogP contribution in [0, 0.1) is 17.8 Å². The Bertz CT molecular complexity index is 310. The number of hydrogen-bond acceptors (Lipinski definition) is 2. The number of piperazine rings is 1. The van der Waals surface area contributed by atoms with E-state index in [2.05, 4.69) is 31.0 Å². The van der Waals surface area contributed by atoms with Crippen molar-refractivity contribution in [2.75, 3.05) is 19.6 Å². The van der Waals surface area contributed by atoms with Gasteiger partial charge in [0, 0.05) is 31.2 Å². The molecule has 2 heteroatoms. The van der Waals surface area contributed by atoms with Crippen LogP contribution < -0.4 is 5.32 Å². The van der Waals surface area contributed by atoms with Crippen LogP contribution in [0.4, 0.5) is 0 Å². The van der Waals surface area contributed by atoms with Crippen LogP contribution in [0.1, 0.15) is 59.3 Å². The zero-order valence-corrected chi connectivity index (χ0v) is 13.1. The van der Waals surface area contributed by atoms with E-state index >= 15 is 0 Å². The quantitative estimate of drug-likeness (QED) is 0.838. The topological polar surface area (TPSA) is 15.3 Å². The van der Waals surface area contributed by atoms with Gasteiger partial charge in [-0.05, 0) is 56.8 Å². The average molecular weight is 264 g/mol. The van der Waals surface area contributed by atoms with Crippen molar-refractivity contribution in [2.45, 2.75) is 70.9 Å². The number of fused-ring (bicyclic) bond motifs is 2. The first kappa shape index (κ1) is 13.9. The van der Waals surface area contributed by atoms with Gasteiger partial charge in [-0.3, -0.25) is 4.90 Å². The lowest BCUT2D eigenvalue weighted by molar-refractivity contribution is 0.0144. The summed E-state index contributed by atoms with van der Waals surface area (Å²) in [6, 6.07) is 0.671. The van der Waals surface area contributed by atoms with Gasteiger partial charge in [-0.1, -0.05) is 20.3 Å². The Hall–Kier alpha value is -0.0800. The molecule has 1 N–H and O–H groups in total. The van der Waals surface area contributed by atoms with Crippen LogP contribution in [0.25, 0.3) is 0 Å². The van der Waals surface area contributed by atoms with Gasteiger partial charge < -0.3 is 5.32 Å². The van der Waals surface area contributed by atoms with Gasteiger partial charge in [0.15, 0.2) is 0 Å². The largest absolute Gasteiger partial charge is 0.311 e. The molecule has 1 saturated heterocycles. The summed E-state index contributed by atoms with van der Waals surface area (Å²) >= 11 is 0. The third-order valence-electron chi connectivity index (χ3n) is 6.60. The maximum Gasteiger partial charge on any atom is 0.0329 e. The van der Waals surface area contributed by atoms with Crippen LogP contribution in [0.5, 0.6) is 0 Å². The van der Waals surface area contributed by atoms with Gasteiger partial charge in [-0.15, -0.1) is 0 Å². The minimum atomic E-state index is 0.439. The minimum absolute atomic E-state index is 0.439. The Balaban J connectivity index is 1.69. The third-order valence-corrected chi connectivity index (χ3v) is 6.60. The fraction of sp³-hybridized carbons (Fsp3) is 1.00. The van der Waals surface area contributed by atoms with E-state index in [-0.39, 0.29) is 0 Å². The summed E-state index contributed by atoms with van der Waals surface area (Å²) in [6.45, 7) is 11.0. The third kappa shape index (κ3) is 2.47. The maximum absolute atomic E-state index is 3.72. The summed E-state index contributed by atoms with van der Waals surface area (Å²) in [6.07, 6.45) is 8.74. The Labute approximate surface area is 119 Å². The molecular formula is C17H32N2. The second-order valence-corrected chi connectivity index (χ2v) is 7.55. The van der Waals surface area contributed by atoms with Crippen molar-refractivity contribution in [2.24, 2.45) is 17.8 Å². The molecule has 0 aromatic carbocycles. The minimum Gasteiger partial charge on any atom is -0.311 e. The van der Waals surface area contributed by atoms with Crippen molar-refractivity contribution in [1.29, 1.82) is 0 Å². The monoisotopic (exact) mass is 264 g/mol. The molecule has 19 heavy (non-hydrogen) atoms. The van der Waals surface area contributed by atoms with E-state index in [0.29, 0.717) is 11.6 Å². The van der Waals surface area contributed by atoms with Crippen molar-refractivity contribution < 1.29 is 0 Å². The maximum atomic E-state index is 3.72. The molecule has 2 aliphatic carbocycles. The van der Waals surface area contributed by atoms with Crippen LogP contribution >= 0.6 is 0 Å². The van der Waals surface area contributed by atoms with E-state index in [1.54, 1.807) is 6.42 Å². The fourth-order valence-electron chi connectivity index (χ4n) is 5.16. The molecule has 1 heterocycles. The van der Waals surface area contributed by atoms with E-state index in [0.717, 1.165) is 17.8 Å². The Morgan fingerprint density at radius 1 is 1.16 bits per heavy atom. The molecule has 3 rings (SSSR count). The van der Waals surface area contributed by atoms with E-state index in [9.17, 15) is 0 Å². The van der Waals surface area contributed by atoms with Crippen molar-refractivity contribution in [1.82, 2.24) is 10.2 Å². The number of rotatable bonds is 4. The average Bonchev–Trinajstić information content (AvgIpc) is 3.02. The highest BCUT2D eigenvalue weighted by Crippen LogP contribution is 2.49. The summed E-state index contributed by atoms with van der Waals surface area (Å²) in [4.78, 5) is 2.87. The van der Waals surface area contributed by atoms with Crippen molar-refractivity contribution in [3.63, 3.8) is 0 Å². The van der Waals surface area contributed by atoms with Gasteiger partial charge >= 0.3 is 0 Å². The Morgan fingerprint density at radius 3 is 2.53 bits per heavy atom. The molecule has 0 aromatic heterocycles. The molecule has 2 saturated carbocycles. The van der Waals surface area contributed by atoms with Gasteiger partial charge in [0.1, 0.15) is 0 Å². The van der Waals surface area contributed by atoms with Crippen molar-refractivity contribution in [3.8, 4) is 0 Å². The second kappa shape index (κ2) is 5.37. The molecule has 110 valence electrons. The van der Waals surface area contributed by atoms with Gasteiger partial charge in [-0.2, -0.15) is 0 Å². The summed E-state index contributed by atoms with van der Waals surface area (Å²) in [7, 11) is 0. The molecule has 2 nitrogen and oxygen atoms in total. The number of nitrogens with one attached hydrogen (secondary N) is 1. The van der Waals surface area contributed by atoms with Crippen LogP contribution in [0.15, 0.2) is 0 Å². The first-order valence-corrected chi connectivity index (χ1v) is 8.65. The van der Waals surface area contributed by atoms with E-state index in [1.165, 1.54) is 51.7 Å². The summed E-state index contributed by atoms with van der Waals surface area (Å²) < 4.78 is 0. The lowest BCUT2D eigenvalue weighted by atomic mass is 9.83. The van der Waals surface area contributed by atoms with Gasteiger partial charge in [0.2, 0.25) is 0 Å². The van der Waals surface area contributed by atoms with Crippen molar-refractivity contribution in [3.05, 3.63) is 0 Å². The highest BCUT2D eigenvalue weighted by Gasteiger charge is 2.44. The predicted molar refractivity (Wildman–Crippen MR) is 81.3 cm³/mol. The summed E-state index contributed by atoms with van der Waals surface area (Å²) in [5.41, 5.74) is 0.439. The molecule has 0 spiro atoms. The molecule has 3 fully saturated rings. The molecule has 1 aliphatic heterocycles. The molecule has 0 radical (unpaired) electrons. The highest BCUT2D eigenvalue weighted by atomic mass is 15.3. The molecule has 0 aromatic rings. The van der Waals surface area contributed by atoms with Crippen LogP contribution in [0.3, 0.4) is 0 Å². The van der Waals surface area contributed by atoms with Crippen LogP contribution in [-0.2, 0) is 0 Å². The molecular weight excluding hydrogens is 232 g/mol. The van der Waals surface area contributed by atoms with Crippen molar-refractivity contribution >= 4 is 0 Å². The Morgan fingerprint density at radius 2 is 1.95 bits per heavy atom. The van der Waals surface area contributed by atoms with Crippen LogP contribution in [-0.4, -0.2) is 36.1 Å². The fourth-order valence-corrected chi connectivity index (χ4v) is 5.16. The lowest BCUT2D eigenvalue weighted by Crippen LogP contribution is -2.64. The molecule has 0 amide bonds. The smallest absolute Gasteiger partial charge is 0.0329 e. The van der Waals surface area contributed by atoms with E-state index < -0.39 is 0 Å². The van der Waals surface area contributed by atoms with Gasteiger partial charge in [0.25, 0.3) is 0 Å². The predicted octanol–water partition coefficient (Wildman–Crippen LogP) is 3.28. The normalized spacial score (nSPS) is 41.8. The highest BCUT2D eigenvalue weighted by molar-refractivity contribution is 4.99. The van der Waals surface area contributed by atoms with Gasteiger partial charge in [-0.25, -0.2) is 0 Å². The van der Waals surface area contributed by atoms with E-state index in [4.69, 9.17) is 0 Å². The van der Waals surface area contributed by atoms with E-state index in [1.807, 2.05) is 0 Å². The second-order valence-electron chi connectivity index (χ2n) is 7.55. The van der Waals surface area contributed by atoms with Crippen LogP contribution in [0.2, 0.25) is 0 Å². The molecule has 3 aliphatic rings. The number of nitrogens with zero attached hydrogens (tertiary/aromatic N) is 1.